The topological polar surface area (TPSA) is 69.0 Å². The smallest absolute Gasteiger partial charge is 0.257 e. The van der Waals surface area contributed by atoms with Gasteiger partial charge in [-0.3, -0.25) is 4.79 Å². The molecule has 3 rings (SSSR count). The summed E-state index contributed by atoms with van der Waals surface area (Å²) in [6.45, 7) is 6.55. The van der Waals surface area contributed by atoms with Crippen LogP contribution < -0.4 is 10.1 Å². The fourth-order valence-corrected chi connectivity index (χ4v) is 2.90. The van der Waals surface area contributed by atoms with E-state index in [1.165, 1.54) is 0 Å². The molecule has 1 amide bonds. The van der Waals surface area contributed by atoms with Gasteiger partial charge in [0.2, 0.25) is 0 Å². The maximum atomic E-state index is 12.0. The van der Waals surface area contributed by atoms with Crippen molar-refractivity contribution in [3.05, 3.63) is 71.2 Å². The molecule has 0 aliphatic rings. The highest BCUT2D eigenvalue weighted by Gasteiger charge is 2.13. The Kier molecular flexibility index (Phi) is 5.86. The van der Waals surface area contributed by atoms with Crippen molar-refractivity contribution in [3.63, 3.8) is 0 Å². The van der Waals surface area contributed by atoms with E-state index >= 15 is 0 Å². The molecule has 27 heavy (non-hydrogen) atoms. The highest BCUT2D eigenvalue weighted by atomic mass is 16.5. The minimum atomic E-state index is -0.136. The molecule has 2 heterocycles. The number of nitrogens with one attached hydrogen (secondary N) is 1. The first kappa shape index (κ1) is 18.6. The van der Waals surface area contributed by atoms with Gasteiger partial charge in [-0.2, -0.15) is 5.10 Å². The van der Waals surface area contributed by atoms with Crippen LogP contribution in [-0.4, -0.2) is 33.8 Å². The van der Waals surface area contributed by atoms with Crippen LogP contribution in [0.4, 0.5) is 0 Å². The quantitative estimate of drug-likeness (QED) is 0.700. The van der Waals surface area contributed by atoms with Crippen LogP contribution in [0.25, 0.3) is 5.82 Å². The summed E-state index contributed by atoms with van der Waals surface area (Å²) in [7, 11) is 0. The first-order valence-corrected chi connectivity index (χ1v) is 8.97. The number of hydrogen-bond donors (Lipinski definition) is 1. The van der Waals surface area contributed by atoms with Gasteiger partial charge >= 0.3 is 0 Å². The van der Waals surface area contributed by atoms with Crippen LogP contribution in [0, 0.1) is 20.8 Å². The Morgan fingerprint density at radius 2 is 1.89 bits per heavy atom. The van der Waals surface area contributed by atoms with Crippen LogP contribution in [0.1, 0.15) is 22.5 Å². The van der Waals surface area contributed by atoms with Gasteiger partial charge in [0.05, 0.1) is 5.69 Å². The molecule has 0 saturated heterocycles. The van der Waals surface area contributed by atoms with Gasteiger partial charge in [-0.05, 0) is 57.0 Å². The molecule has 0 unspecified atom stereocenters. The summed E-state index contributed by atoms with van der Waals surface area (Å²) < 4.78 is 7.34. The van der Waals surface area contributed by atoms with E-state index in [1.54, 1.807) is 6.20 Å². The number of aryl methyl sites for hydroxylation is 2. The van der Waals surface area contributed by atoms with Crippen LogP contribution >= 0.6 is 0 Å². The van der Waals surface area contributed by atoms with E-state index in [9.17, 15) is 4.79 Å². The highest BCUT2D eigenvalue weighted by Crippen LogP contribution is 2.17. The summed E-state index contributed by atoms with van der Waals surface area (Å²) in [6, 6.07) is 13.4. The van der Waals surface area contributed by atoms with Gasteiger partial charge in [0.15, 0.2) is 12.4 Å². The lowest BCUT2D eigenvalue weighted by Crippen LogP contribution is -2.30. The average molecular weight is 364 g/mol. The van der Waals surface area contributed by atoms with E-state index < -0.39 is 0 Å². The first-order valence-electron chi connectivity index (χ1n) is 8.97. The van der Waals surface area contributed by atoms with Gasteiger partial charge in [-0.1, -0.05) is 23.8 Å². The van der Waals surface area contributed by atoms with Crippen molar-refractivity contribution in [2.75, 3.05) is 13.2 Å². The summed E-state index contributed by atoms with van der Waals surface area (Å²) in [5, 5.41) is 7.48. The van der Waals surface area contributed by atoms with Gasteiger partial charge in [-0.15, -0.1) is 0 Å². The Balaban J connectivity index is 1.52. The lowest BCUT2D eigenvalue weighted by molar-refractivity contribution is -0.123. The summed E-state index contributed by atoms with van der Waals surface area (Å²) in [5.41, 5.74) is 4.27. The van der Waals surface area contributed by atoms with E-state index in [2.05, 4.69) is 15.4 Å². The molecule has 0 fully saturated rings. The average Bonchev–Trinajstić information content (AvgIpc) is 2.96. The SMILES string of the molecule is Cc1ccc(OCC(=O)NCCc2c(C)nn(-c3ccccn3)c2C)cc1. The molecule has 6 heteroatoms. The Labute approximate surface area is 159 Å². The molecule has 1 N–H and O–H groups in total. The molecule has 1 aromatic carbocycles. The molecule has 0 aliphatic heterocycles. The molecular formula is C21H24N4O2. The number of carbonyl (C=O) groups is 1. The fourth-order valence-electron chi connectivity index (χ4n) is 2.90. The Morgan fingerprint density at radius 3 is 2.59 bits per heavy atom. The van der Waals surface area contributed by atoms with E-state index in [4.69, 9.17) is 4.74 Å². The number of amides is 1. The second-order valence-corrected chi connectivity index (χ2v) is 6.45. The van der Waals surface area contributed by atoms with Crippen LogP contribution in [0.3, 0.4) is 0 Å². The number of aromatic nitrogens is 3. The largest absolute Gasteiger partial charge is 0.484 e. The molecule has 0 radical (unpaired) electrons. The number of hydrogen-bond acceptors (Lipinski definition) is 4. The first-order chi connectivity index (χ1) is 13.0. The lowest BCUT2D eigenvalue weighted by Gasteiger charge is -2.08. The molecule has 2 aromatic heterocycles. The van der Waals surface area contributed by atoms with E-state index in [0.717, 1.165) is 28.3 Å². The summed E-state index contributed by atoms with van der Waals surface area (Å²) >= 11 is 0. The Morgan fingerprint density at radius 1 is 1.11 bits per heavy atom. The number of pyridine rings is 1. The predicted molar refractivity (Wildman–Crippen MR) is 104 cm³/mol. The minimum Gasteiger partial charge on any atom is -0.484 e. The maximum absolute atomic E-state index is 12.0. The van der Waals surface area contributed by atoms with Crippen molar-refractivity contribution in [2.24, 2.45) is 0 Å². The number of nitrogens with zero attached hydrogens (tertiary/aromatic N) is 3. The van der Waals surface area contributed by atoms with E-state index in [1.807, 2.05) is 67.9 Å². The third-order valence-corrected chi connectivity index (χ3v) is 4.40. The third-order valence-electron chi connectivity index (χ3n) is 4.40. The standard InChI is InChI=1S/C21H24N4O2/c1-15-7-9-18(10-8-15)27-14-21(26)23-13-11-19-16(2)24-25(17(19)3)20-6-4-5-12-22-20/h4-10,12H,11,13-14H2,1-3H3,(H,23,26). The molecule has 0 spiro atoms. The zero-order valence-electron chi connectivity index (χ0n) is 15.9. The van der Waals surface area contributed by atoms with Crippen LogP contribution in [0.15, 0.2) is 48.7 Å². The third kappa shape index (κ3) is 4.73. The zero-order valence-corrected chi connectivity index (χ0v) is 15.9. The molecular weight excluding hydrogens is 340 g/mol. The van der Waals surface area contributed by atoms with Crippen molar-refractivity contribution >= 4 is 5.91 Å². The molecule has 0 atom stereocenters. The second kappa shape index (κ2) is 8.49. The maximum Gasteiger partial charge on any atom is 0.257 e. The van der Waals surface area contributed by atoms with Gasteiger partial charge in [-0.25, -0.2) is 9.67 Å². The Bertz CT molecular complexity index is 902. The molecule has 6 nitrogen and oxygen atoms in total. The molecule has 0 saturated carbocycles. The summed E-state index contributed by atoms with van der Waals surface area (Å²) in [4.78, 5) is 16.3. The van der Waals surface area contributed by atoms with Crippen LogP contribution in [-0.2, 0) is 11.2 Å². The summed E-state index contributed by atoms with van der Waals surface area (Å²) in [6.07, 6.45) is 2.46. The van der Waals surface area contributed by atoms with E-state index in [0.29, 0.717) is 18.7 Å². The summed E-state index contributed by atoms with van der Waals surface area (Å²) in [5.74, 6) is 1.35. The Hall–Kier alpha value is -3.15. The van der Waals surface area contributed by atoms with Crippen molar-refractivity contribution in [2.45, 2.75) is 27.2 Å². The van der Waals surface area contributed by atoms with Gasteiger partial charge in [0.25, 0.3) is 5.91 Å². The second-order valence-electron chi connectivity index (χ2n) is 6.45. The van der Waals surface area contributed by atoms with E-state index in [-0.39, 0.29) is 12.5 Å². The van der Waals surface area contributed by atoms with Crippen molar-refractivity contribution in [1.82, 2.24) is 20.1 Å². The molecule has 3 aromatic rings. The van der Waals surface area contributed by atoms with Crippen molar-refractivity contribution in [3.8, 4) is 11.6 Å². The van der Waals surface area contributed by atoms with Crippen LogP contribution in [0.2, 0.25) is 0 Å². The minimum absolute atomic E-state index is 0.00816. The number of benzene rings is 1. The number of carbonyl (C=O) groups excluding carboxylic acids is 1. The fraction of sp³-hybridized carbons (Fsp3) is 0.286. The van der Waals surface area contributed by atoms with Gasteiger partial charge in [0, 0.05) is 18.4 Å². The monoisotopic (exact) mass is 364 g/mol. The van der Waals surface area contributed by atoms with Gasteiger partial charge < -0.3 is 10.1 Å². The lowest BCUT2D eigenvalue weighted by atomic mass is 10.1. The van der Waals surface area contributed by atoms with Crippen molar-refractivity contribution in [1.29, 1.82) is 0 Å². The molecule has 0 aliphatic carbocycles. The zero-order chi connectivity index (χ0) is 19.2. The number of rotatable bonds is 7. The molecule has 0 bridgehead atoms. The van der Waals surface area contributed by atoms with Crippen LogP contribution in [0.5, 0.6) is 5.75 Å². The highest BCUT2D eigenvalue weighted by molar-refractivity contribution is 5.77. The predicted octanol–water partition coefficient (Wildman–Crippen LogP) is 2.93. The normalized spacial score (nSPS) is 10.6. The van der Waals surface area contributed by atoms with Gasteiger partial charge in [0.1, 0.15) is 5.75 Å². The molecule has 140 valence electrons. The number of ether oxygens (including phenoxy) is 1. The van der Waals surface area contributed by atoms with Crippen molar-refractivity contribution < 1.29 is 9.53 Å².